The third-order valence-electron chi connectivity index (χ3n) is 4.51. The lowest BCUT2D eigenvalue weighted by atomic mass is 10.1. The van der Waals surface area contributed by atoms with Crippen LogP contribution < -0.4 is 5.32 Å². The van der Waals surface area contributed by atoms with Crippen LogP contribution in [0.4, 0.5) is 0 Å². The van der Waals surface area contributed by atoms with Gasteiger partial charge >= 0.3 is 0 Å². The second-order valence-corrected chi connectivity index (χ2v) is 10.9. The molecule has 0 fully saturated rings. The number of sulfonamides is 1. The van der Waals surface area contributed by atoms with E-state index in [-0.39, 0.29) is 34.7 Å². The molecule has 0 aliphatic carbocycles. The molecule has 0 aliphatic rings. The molecule has 29 heavy (non-hydrogen) atoms. The Morgan fingerprint density at radius 2 is 1.55 bits per heavy atom. The van der Waals surface area contributed by atoms with Gasteiger partial charge in [-0.15, -0.1) is 0 Å². The van der Waals surface area contributed by atoms with E-state index in [0.29, 0.717) is 6.42 Å². The monoisotopic (exact) mass is 438 g/mol. The third kappa shape index (κ3) is 6.38. The average Bonchev–Trinajstić information content (AvgIpc) is 2.68. The maximum Gasteiger partial charge on any atom is 0.242 e. The number of sulfone groups is 1. The number of carbonyl (C=O) groups is 1. The Kier molecular flexibility index (Phi) is 7.56. The van der Waals surface area contributed by atoms with Gasteiger partial charge in [0.1, 0.15) is 0 Å². The molecule has 1 N–H and O–H groups in total. The van der Waals surface area contributed by atoms with Crippen molar-refractivity contribution >= 4 is 25.8 Å². The molecule has 0 aliphatic heterocycles. The summed E-state index contributed by atoms with van der Waals surface area (Å²) in [6.07, 6.45) is 1.71. The van der Waals surface area contributed by atoms with Crippen LogP contribution in [0.25, 0.3) is 0 Å². The van der Waals surface area contributed by atoms with E-state index in [1.807, 2.05) is 0 Å². The van der Waals surface area contributed by atoms with E-state index in [1.165, 1.54) is 35.6 Å². The summed E-state index contributed by atoms with van der Waals surface area (Å²) < 4.78 is 49.2. The van der Waals surface area contributed by atoms with Crippen molar-refractivity contribution in [2.45, 2.75) is 35.6 Å². The Balaban J connectivity index is 1.85. The van der Waals surface area contributed by atoms with E-state index in [9.17, 15) is 21.6 Å². The first-order valence-corrected chi connectivity index (χ1v) is 12.5. The first kappa shape index (κ1) is 23.1. The van der Waals surface area contributed by atoms with Gasteiger partial charge in [0.2, 0.25) is 15.9 Å². The van der Waals surface area contributed by atoms with Crippen molar-refractivity contribution in [2.75, 3.05) is 19.8 Å². The summed E-state index contributed by atoms with van der Waals surface area (Å²) in [4.78, 5) is 12.6. The molecular weight excluding hydrogens is 412 g/mol. The number of benzene rings is 2. The summed E-state index contributed by atoms with van der Waals surface area (Å²) >= 11 is 0. The second-order valence-electron chi connectivity index (χ2n) is 6.87. The molecular formula is C20H26N2O5S2. The fraction of sp³-hybridized carbons (Fsp3) is 0.350. The molecule has 9 heteroatoms. The van der Waals surface area contributed by atoms with Gasteiger partial charge < -0.3 is 5.32 Å². The molecule has 0 aromatic heterocycles. The molecule has 1 amide bonds. The maximum atomic E-state index is 12.5. The topological polar surface area (TPSA) is 101 Å². The number of nitrogens with one attached hydrogen (secondary N) is 1. The highest BCUT2D eigenvalue weighted by Crippen LogP contribution is 2.17. The van der Waals surface area contributed by atoms with Crippen molar-refractivity contribution in [3.05, 3.63) is 60.2 Å². The molecule has 2 rings (SSSR count). The number of nitrogens with zero attached hydrogens (tertiary/aromatic N) is 1. The summed E-state index contributed by atoms with van der Waals surface area (Å²) in [7, 11) is -5.34. The molecule has 2 aromatic carbocycles. The zero-order valence-electron chi connectivity index (χ0n) is 16.7. The summed E-state index contributed by atoms with van der Waals surface area (Å²) in [5.74, 6) is -0.199. The van der Waals surface area contributed by atoms with Crippen molar-refractivity contribution in [3.63, 3.8) is 0 Å². The number of hydrogen-bond donors (Lipinski definition) is 1. The molecule has 0 bridgehead atoms. The van der Waals surface area contributed by atoms with Crippen LogP contribution in [-0.2, 0) is 24.7 Å². The summed E-state index contributed by atoms with van der Waals surface area (Å²) in [6, 6.07) is 14.2. The molecule has 1 atom stereocenters. The van der Waals surface area contributed by atoms with Gasteiger partial charge in [-0.2, -0.15) is 0 Å². The minimum atomic E-state index is -3.57. The molecule has 0 saturated heterocycles. The SMILES string of the molecule is CC(NC(=O)CCCN(C)S(=O)(=O)c1ccccc1)c1ccc(S(C)(=O)=O)cc1. The largest absolute Gasteiger partial charge is 0.350 e. The van der Waals surface area contributed by atoms with Crippen LogP contribution in [-0.4, -0.2) is 46.9 Å². The van der Waals surface area contributed by atoms with Crippen LogP contribution in [0.15, 0.2) is 64.4 Å². The fourth-order valence-electron chi connectivity index (χ4n) is 2.76. The van der Waals surface area contributed by atoms with E-state index in [1.54, 1.807) is 37.3 Å². The van der Waals surface area contributed by atoms with Gasteiger partial charge in [-0.1, -0.05) is 30.3 Å². The standard InChI is InChI=1S/C20H26N2O5S2/c1-16(17-11-13-18(14-12-17)28(3,24)25)21-20(23)10-7-15-22(2)29(26,27)19-8-5-4-6-9-19/h4-6,8-9,11-14,16H,7,10,15H2,1-3H3,(H,21,23). The lowest BCUT2D eigenvalue weighted by Gasteiger charge is -2.18. The van der Waals surface area contributed by atoms with Gasteiger partial charge in [0, 0.05) is 26.3 Å². The average molecular weight is 439 g/mol. The predicted octanol–water partition coefficient (Wildman–Crippen LogP) is 2.37. The lowest BCUT2D eigenvalue weighted by Crippen LogP contribution is -2.30. The van der Waals surface area contributed by atoms with Gasteiger partial charge in [0.15, 0.2) is 9.84 Å². The molecule has 7 nitrogen and oxygen atoms in total. The van der Waals surface area contributed by atoms with Gasteiger partial charge in [-0.25, -0.2) is 21.1 Å². The molecule has 0 heterocycles. The third-order valence-corrected chi connectivity index (χ3v) is 7.51. The van der Waals surface area contributed by atoms with Crippen molar-refractivity contribution < 1.29 is 21.6 Å². The normalized spacial score (nSPS) is 13.2. The van der Waals surface area contributed by atoms with Gasteiger partial charge in [-0.05, 0) is 43.2 Å². The fourth-order valence-corrected chi connectivity index (χ4v) is 4.62. The summed E-state index contributed by atoms with van der Waals surface area (Å²) in [6.45, 7) is 2.03. The van der Waals surface area contributed by atoms with Gasteiger partial charge in [0.05, 0.1) is 15.8 Å². The van der Waals surface area contributed by atoms with Gasteiger partial charge in [0.25, 0.3) is 0 Å². The van der Waals surface area contributed by atoms with Crippen LogP contribution in [0, 0.1) is 0 Å². The lowest BCUT2D eigenvalue weighted by molar-refractivity contribution is -0.121. The molecule has 1 unspecified atom stereocenters. The van der Waals surface area contributed by atoms with E-state index >= 15 is 0 Å². The summed E-state index contributed by atoms with van der Waals surface area (Å²) in [5, 5.41) is 2.84. The number of rotatable bonds is 9. The number of amides is 1. The first-order chi connectivity index (χ1) is 13.5. The van der Waals surface area contributed by atoms with E-state index in [2.05, 4.69) is 5.32 Å². The zero-order chi connectivity index (χ0) is 21.7. The molecule has 2 aromatic rings. The van der Waals surface area contributed by atoms with Crippen molar-refractivity contribution in [3.8, 4) is 0 Å². The number of hydrogen-bond acceptors (Lipinski definition) is 5. The van der Waals surface area contributed by atoms with Gasteiger partial charge in [-0.3, -0.25) is 4.79 Å². The maximum absolute atomic E-state index is 12.5. The van der Waals surface area contributed by atoms with E-state index in [0.717, 1.165) is 11.8 Å². The van der Waals surface area contributed by atoms with Crippen molar-refractivity contribution in [1.29, 1.82) is 0 Å². The summed E-state index contributed by atoms with van der Waals surface area (Å²) in [5.41, 5.74) is 0.787. The highest BCUT2D eigenvalue weighted by Gasteiger charge is 2.20. The smallest absolute Gasteiger partial charge is 0.242 e. The van der Waals surface area contributed by atoms with Crippen molar-refractivity contribution in [2.24, 2.45) is 0 Å². The minimum Gasteiger partial charge on any atom is -0.350 e. The Hall–Kier alpha value is -2.23. The predicted molar refractivity (Wildman–Crippen MR) is 112 cm³/mol. The van der Waals surface area contributed by atoms with Crippen LogP contribution in [0.5, 0.6) is 0 Å². The molecule has 0 saturated carbocycles. The Morgan fingerprint density at radius 1 is 0.966 bits per heavy atom. The Morgan fingerprint density at radius 3 is 2.10 bits per heavy atom. The Labute approximate surface area is 172 Å². The highest BCUT2D eigenvalue weighted by molar-refractivity contribution is 7.90. The highest BCUT2D eigenvalue weighted by atomic mass is 32.2. The zero-order valence-corrected chi connectivity index (χ0v) is 18.3. The van der Waals surface area contributed by atoms with Crippen LogP contribution >= 0.6 is 0 Å². The minimum absolute atomic E-state index is 0.181. The number of carbonyl (C=O) groups excluding carboxylic acids is 1. The van der Waals surface area contributed by atoms with Crippen molar-refractivity contribution in [1.82, 2.24) is 9.62 Å². The second kappa shape index (κ2) is 9.51. The van der Waals surface area contributed by atoms with Crippen LogP contribution in [0.1, 0.15) is 31.4 Å². The van der Waals surface area contributed by atoms with E-state index in [4.69, 9.17) is 0 Å². The molecule has 0 radical (unpaired) electrons. The van der Waals surface area contributed by atoms with Crippen LogP contribution in [0.3, 0.4) is 0 Å². The van der Waals surface area contributed by atoms with Crippen LogP contribution in [0.2, 0.25) is 0 Å². The molecule has 158 valence electrons. The Bertz CT molecular complexity index is 1030. The first-order valence-electron chi connectivity index (χ1n) is 9.12. The van der Waals surface area contributed by atoms with E-state index < -0.39 is 19.9 Å². The molecule has 0 spiro atoms. The quantitative estimate of drug-likeness (QED) is 0.648.